The molecule has 1 aliphatic rings. The van der Waals surface area contributed by atoms with Crippen molar-refractivity contribution in [3.8, 4) is 0 Å². The molecule has 1 fully saturated rings. The SMILES string of the molecule is CCC1CCC(N)CC1c1ccnn1C. The minimum absolute atomic E-state index is 0.382. The number of nitrogens with two attached hydrogens (primary N) is 1. The summed E-state index contributed by atoms with van der Waals surface area (Å²) < 4.78 is 2.01. The molecule has 2 N–H and O–H groups in total. The summed E-state index contributed by atoms with van der Waals surface area (Å²) in [5.41, 5.74) is 7.43. The van der Waals surface area contributed by atoms with Gasteiger partial charge in [0.2, 0.25) is 0 Å². The highest BCUT2D eigenvalue weighted by atomic mass is 15.3. The Morgan fingerprint density at radius 3 is 2.93 bits per heavy atom. The van der Waals surface area contributed by atoms with Crippen molar-refractivity contribution in [1.82, 2.24) is 9.78 Å². The van der Waals surface area contributed by atoms with Crippen LogP contribution < -0.4 is 5.73 Å². The van der Waals surface area contributed by atoms with E-state index in [-0.39, 0.29) is 0 Å². The molecule has 3 atom stereocenters. The fraction of sp³-hybridized carbons (Fsp3) is 0.750. The van der Waals surface area contributed by atoms with Gasteiger partial charge in [-0.05, 0) is 31.2 Å². The fourth-order valence-corrected chi connectivity index (χ4v) is 2.86. The summed E-state index contributed by atoms with van der Waals surface area (Å²) in [5, 5.41) is 4.26. The quantitative estimate of drug-likeness (QED) is 0.806. The molecule has 0 radical (unpaired) electrons. The normalized spacial score (nSPS) is 31.8. The van der Waals surface area contributed by atoms with Gasteiger partial charge < -0.3 is 5.73 Å². The molecule has 1 aromatic rings. The van der Waals surface area contributed by atoms with Crippen LogP contribution in [0, 0.1) is 5.92 Å². The van der Waals surface area contributed by atoms with Crippen LogP contribution in [0.15, 0.2) is 12.3 Å². The molecule has 3 heteroatoms. The molecule has 1 aromatic heterocycles. The Morgan fingerprint density at radius 2 is 2.33 bits per heavy atom. The van der Waals surface area contributed by atoms with Crippen molar-refractivity contribution in [1.29, 1.82) is 0 Å². The van der Waals surface area contributed by atoms with Gasteiger partial charge in [0.15, 0.2) is 0 Å². The van der Waals surface area contributed by atoms with E-state index < -0.39 is 0 Å². The topological polar surface area (TPSA) is 43.8 Å². The molecule has 0 aromatic carbocycles. The largest absolute Gasteiger partial charge is 0.328 e. The van der Waals surface area contributed by atoms with E-state index in [9.17, 15) is 0 Å². The number of rotatable bonds is 2. The van der Waals surface area contributed by atoms with E-state index in [0.29, 0.717) is 12.0 Å². The second-order valence-corrected chi connectivity index (χ2v) is 4.73. The van der Waals surface area contributed by atoms with Gasteiger partial charge >= 0.3 is 0 Å². The number of aryl methyl sites for hydroxylation is 1. The van der Waals surface area contributed by atoms with Crippen molar-refractivity contribution in [2.45, 2.75) is 44.6 Å². The number of hydrogen-bond acceptors (Lipinski definition) is 2. The fourth-order valence-electron chi connectivity index (χ4n) is 2.86. The lowest BCUT2D eigenvalue weighted by molar-refractivity contribution is 0.264. The second-order valence-electron chi connectivity index (χ2n) is 4.73. The summed E-state index contributed by atoms with van der Waals surface area (Å²) in [4.78, 5) is 0. The van der Waals surface area contributed by atoms with Crippen LogP contribution in [-0.4, -0.2) is 15.8 Å². The third-order valence-electron chi connectivity index (χ3n) is 3.80. The van der Waals surface area contributed by atoms with Gasteiger partial charge in [-0.25, -0.2) is 0 Å². The number of hydrogen-bond donors (Lipinski definition) is 1. The van der Waals surface area contributed by atoms with Crippen LogP contribution in [0.2, 0.25) is 0 Å². The van der Waals surface area contributed by atoms with Crippen molar-refractivity contribution in [3.05, 3.63) is 18.0 Å². The van der Waals surface area contributed by atoms with Crippen molar-refractivity contribution in [3.63, 3.8) is 0 Å². The van der Waals surface area contributed by atoms with Gasteiger partial charge in [-0.15, -0.1) is 0 Å². The van der Waals surface area contributed by atoms with Gasteiger partial charge in [0.05, 0.1) is 0 Å². The van der Waals surface area contributed by atoms with Gasteiger partial charge in [0.25, 0.3) is 0 Å². The molecule has 0 amide bonds. The summed E-state index contributed by atoms with van der Waals surface area (Å²) in [7, 11) is 2.03. The molecule has 1 saturated carbocycles. The predicted octanol–water partition coefficient (Wildman–Crippen LogP) is 2.04. The Morgan fingerprint density at radius 1 is 1.53 bits per heavy atom. The van der Waals surface area contributed by atoms with E-state index in [1.54, 1.807) is 0 Å². The summed E-state index contributed by atoms with van der Waals surface area (Å²) >= 11 is 0. The molecule has 2 rings (SSSR count). The molecular formula is C12H21N3. The van der Waals surface area contributed by atoms with Crippen LogP contribution in [0.5, 0.6) is 0 Å². The Hall–Kier alpha value is -0.830. The average molecular weight is 207 g/mol. The van der Waals surface area contributed by atoms with Crippen LogP contribution in [0.1, 0.15) is 44.2 Å². The maximum atomic E-state index is 6.07. The van der Waals surface area contributed by atoms with Gasteiger partial charge in [-0.1, -0.05) is 13.3 Å². The lowest BCUT2D eigenvalue weighted by Gasteiger charge is -2.34. The van der Waals surface area contributed by atoms with Crippen molar-refractivity contribution in [2.24, 2.45) is 18.7 Å². The summed E-state index contributed by atoms with van der Waals surface area (Å²) in [6, 6.07) is 2.53. The monoisotopic (exact) mass is 207 g/mol. The summed E-state index contributed by atoms with van der Waals surface area (Å²) in [5.74, 6) is 1.41. The summed E-state index contributed by atoms with van der Waals surface area (Å²) in [6.07, 6.45) is 6.73. The predicted molar refractivity (Wildman–Crippen MR) is 61.6 cm³/mol. The molecule has 84 valence electrons. The third kappa shape index (κ3) is 2.07. The van der Waals surface area contributed by atoms with E-state index >= 15 is 0 Å². The first-order valence-corrected chi connectivity index (χ1v) is 5.95. The zero-order chi connectivity index (χ0) is 10.8. The molecule has 0 spiro atoms. The smallest absolute Gasteiger partial charge is 0.0492 e. The molecule has 15 heavy (non-hydrogen) atoms. The van der Waals surface area contributed by atoms with E-state index in [1.807, 2.05) is 17.9 Å². The third-order valence-corrected chi connectivity index (χ3v) is 3.80. The number of nitrogens with zero attached hydrogens (tertiary/aromatic N) is 2. The zero-order valence-corrected chi connectivity index (χ0v) is 9.69. The van der Waals surface area contributed by atoms with Gasteiger partial charge in [-0.3, -0.25) is 4.68 Å². The molecule has 3 unspecified atom stereocenters. The Balaban J connectivity index is 2.20. The molecule has 0 bridgehead atoms. The minimum atomic E-state index is 0.382. The van der Waals surface area contributed by atoms with Crippen LogP contribution in [0.4, 0.5) is 0 Å². The van der Waals surface area contributed by atoms with Gasteiger partial charge in [-0.2, -0.15) is 5.10 Å². The first kappa shape index (κ1) is 10.7. The minimum Gasteiger partial charge on any atom is -0.328 e. The Bertz CT molecular complexity index is 318. The van der Waals surface area contributed by atoms with Gasteiger partial charge in [0, 0.05) is 30.9 Å². The molecule has 1 heterocycles. The highest BCUT2D eigenvalue weighted by Crippen LogP contribution is 2.38. The molecule has 0 saturated heterocycles. The molecule has 0 aliphatic heterocycles. The zero-order valence-electron chi connectivity index (χ0n) is 9.69. The van der Waals surface area contributed by atoms with Crippen LogP contribution in [0.3, 0.4) is 0 Å². The lowest BCUT2D eigenvalue weighted by atomic mass is 9.74. The van der Waals surface area contributed by atoms with Crippen molar-refractivity contribution >= 4 is 0 Å². The Labute approximate surface area is 91.7 Å². The highest BCUT2D eigenvalue weighted by molar-refractivity contribution is 5.11. The van der Waals surface area contributed by atoms with E-state index in [2.05, 4.69) is 18.1 Å². The summed E-state index contributed by atoms with van der Waals surface area (Å²) in [6.45, 7) is 2.28. The van der Waals surface area contributed by atoms with Crippen molar-refractivity contribution in [2.75, 3.05) is 0 Å². The highest BCUT2D eigenvalue weighted by Gasteiger charge is 2.30. The van der Waals surface area contributed by atoms with Crippen LogP contribution in [0.25, 0.3) is 0 Å². The molecule has 3 nitrogen and oxygen atoms in total. The second kappa shape index (κ2) is 4.35. The van der Waals surface area contributed by atoms with E-state index in [0.717, 1.165) is 12.3 Å². The van der Waals surface area contributed by atoms with E-state index in [1.165, 1.54) is 25.0 Å². The van der Waals surface area contributed by atoms with Crippen molar-refractivity contribution < 1.29 is 0 Å². The van der Waals surface area contributed by atoms with E-state index in [4.69, 9.17) is 5.73 Å². The maximum Gasteiger partial charge on any atom is 0.0492 e. The molecule has 1 aliphatic carbocycles. The first-order chi connectivity index (χ1) is 7.22. The van der Waals surface area contributed by atoms with Crippen LogP contribution >= 0.6 is 0 Å². The standard InChI is InChI=1S/C12H21N3/c1-3-9-4-5-10(13)8-11(9)12-6-7-14-15(12)2/h6-7,9-11H,3-5,8,13H2,1-2H3. The average Bonchev–Trinajstić information content (AvgIpc) is 2.64. The first-order valence-electron chi connectivity index (χ1n) is 5.95. The maximum absolute atomic E-state index is 6.07. The lowest BCUT2D eigenvalue weighted by Crippen LogP contribution is -2.32. The molecular weight excluding hydrogens is 186 g/mol. The van der Waals surface area contributed by atoms with Crippen LogP contribution in [-0.2, 0) is 7.05 Å². The number of aromatic nitrogens is 2. The van der Waals surface area contributed by atoms with Gasteiger partial charge in [0.1, 0.15) is 0 Å². The Kier molecular flexibility index (Phi) is 3.10.